The van der Waals surface area contributed by atoms with Gasteiger partial charge in [-0.15, -0.1) is 0 Å². The molecule has 22 heavy (non-hydrogen) atoms. The van der Waals surface area contributed by atoms with Crippen molar-refractivity contribution in [3.8, 4) is 0 Å². The molecular weight excluding hydrogens is 307 g/mol. The number of hydrogen-bond donors (Lipinski definition) is 1. The van der Waals surface area contributed by atoms with Gasteiger partial charge in [-0.1, -0.05) is 23.7 Å². The summed E-state index contributed by atoms with van der Waals surface area (Å²) in [6, 6.07) is 10.5. The molecule has 0 saturated heterocycles. The fourth-order valence-corrected chi connectivity index (χ4v) is 2.36. The standard InChI is InChI=1S/C16H12ClFN2O2/c17-11-3-1-10(2-4-11)15(21)8-20-9-19-14-7-12(18)5-6-13(14)16(20)22/h1-7,9,15,21H,8H2/t15-/m0/s1. The highest BCUT2D eigenvalue weighted by atomic mass is 35.5. The predicted molar refractivity (Wildman–Crippen MR) is 82.4 cm³/mol. The quantitative estimate of drug-likeness (QED) is 0.808. The molecule has 0 fully saturated rings. The van der Waals surface area contributed by atoms with Gasteiger partial charge in [0.25, 0.3) is 5.56 Å². The minimum atomic E-state index is -0.866. The van der Waals surface area contributed by atoms with Gasteiger partial charge in [0.15, 0.2) is 0 Å². The molecule has 1 aromatic heterocycles. The number of nitrogens with zero attached hydrogens (tertiary/aromatic N) is 2. The lowest BCUT2D eigenvalue weighted by Crippen LogP contribution is -2.23. The summed E-state index contributed by atoms with van der Waals surface area (Å²) < 4.78 is 14.4. The van der Waals surface area contributed by atoms with Crippen LogP contribution in [0.1, 0.15) is 11.7 Å². The molecule has 1 heterocycles. The summed E-state index contributed by atoms with van der Waals surface area (Å²) in [4.78, 5) is 16.4. The van der Waals surface area contributed by atoms with E-state index in [0.717, 1.165) is 0 Å². The van der Waals surface area contributed by atoms with Crippen LogP contribution in [0.15, 0.2) is 53.6 Å². The van der Waals surface area contributed by atoms with Gasteiger partial charge in [-0.25, -0.2) is 9.37 Å². The van der Waals surface area contributed by atoms with Gasteiger partial charge in [0, 0.05) is 11.1 Å². The van der Waals surface area contributed by atoms with Crippen LogP contribution in [-0.4, -0.2) is 14.7 Å². The average molecular weight is 319 g/mol. The van der Waals surface area contributed by atoms with Crippen LogP contribution in [0.25, 0.3) is 10.9 Å². The van der Waals surface area contributed by atoms with Crippen molar-refractivity contribution in [2.75, 3.05) is 0 Å². The Hall–Kier alpha value is -2.24. The zero-order chi connectivity index (χ0) is 15.7. The summed E-state index contributed by atoms with van der Waals surface area (Å²) in [5.74, 6) is -0.446. The normalized spacial score (nSPS) is 12.5. The van der Waals surface area contributed by atoms with Crippen molar-refractivity contribution in [3.05, 3.63) is 75.5 Å². The van der Waals surface area contributed by atoms with E-state index in [0.29, 0.717) is 21.5 Å². The summed E-state index contributed by atoms with van der Waals surface area (Å²) in [5, 5.41) is 11.1. The molecule has 0 radical (unpaired) electrons. The second kappa shape index (κ2) is 5.87. The van der Waals surface area contributed by atoms with Crippen LogP contribution in [0.4, 0.5) is 4.39 Å². The molecule has 0 aliphatic rings. The van der Waals surface area contributed by atoms with E-state index < -0.39 is 11.9 Å². The van der Waals surface area contributed by atoms with Gasteiger partial charge in [-0.3, -0.25) is 9.36 Å². The maximum atomic E-state index is 13.1. The molecule has 3 rings (SSSR count). The van der Waals surface area contributed by atoms with Gasteiger partial charge in [0.2, 0.25) is 0 Å². The van der Waals surface area contributed by atoms with Gasteiger partial charge < -0.3 is 5.11 Å². The number of aliphatic hydroxyl groups is 1. The van der Waals surface area contributed by atoms with Crippen molar-refractivity contribution in [1.82, 2.24) is 9.55 Å². The molecule has 0 saturated carbocycles. The Kier molecular flexibility index (Phi) is 3.92. The van der Waals surface area contributed by atoms with E-state index in [1.54, 1.807) is 24.3 Å². The first kappa shape index (κ1) is 14.7. The Labute approximate surface area is 130 Å². The number of benzene rings is 2. The molecule has 1 atom stereocenters. The summed E-state index contributed by atoms with van der Waals surface area (Å²) in [6.07, 6.45) is 0.443. The van der Waals surface area contributed by atoms with Crippen molar-refractivity contribution in [1.29, 1.82) is 0 Å². The lowest BCUT2D eigenvalue weighted by molar-refractivity contribution is 0.155. The number of halogens is 2. The lowest BCUT2D eigenvalue weighted by atomic mass is 10.1. The van der Waals surface area contributed by atoms with Gasteiger partial charge in [0.1, 0.15) is 5.82 Å². The van der Waals surface area contributed by atoms with Crippen LogP contribution in [0.5, 0.6) is 0 Å². The van der Waals surface area contributed by atoms with Gasteiger partial charge >= 0.3 is 0 Å². The number of aliphatic hydroxyl groups excluding tert-OH is 1. The van der Waals surface area contributed by atoms with E-state index in [2.05, 4.69) is 4.98 Å². The van der Waals surface area contributed by atoms with E-state index in [1.165, 1.54) is 29.1 Å². The molecule has 0 aliphatic heterocycles. The largest absolute Gasteiger partial charge is 0.387 e. The number of fused-ring (bicyclic) bond motifs is 1. The third-order valence-electron chi connectivity index (χ3n) is 3.41. The van der Waals surface area contributed by atoms with Crippen molar-refractivity contribution in [2.45, 2.75) is 12.6 Å². The summed E-state index contributed by atoms with van der Waals surface area (Å²) in [7, 11) is 0. The second-order valence-electron chi connectivity index (χ2n) is 4.93. The molecule has 112 valence electrons. The fraction of sp³-hybridized carbons (Fsp3) is 0.125. The van der Waals surface area contributed by atoms with E-state index >= 15 is 0 Å². The molecule has 3 aromatic rings. The fourth-order valence-electron chi connectivity index (χ4n) is 2.24. The van der Waals surface area contributed by atoms with Crippen LogP contribution in [0.3, 0.4) is 0 Å². The first-order chi connectivity index (χ1) is 10.5. The van der Waals surface area contributed by atoms with Crippen LogP contribution in [-0.2, 0) is 6.54 Å². The van der Waals surface area contributed by atoms with Crippen molar-refractivity contribution >= 4 is 22.5 Å². The van der Waals surface area contributed by atoms with Crippen molar-refractivity contribution in [2.24, 2.45) is 0 Å². The topological polar surface area (TPSA) is 55.1 Å². The number of aromatic nitrogens is 2. The van der Waals surface area contributed by atoms with Crippen LogP contribution < -0.4 is 5.56 Å². The van der Waals surface area contributed by atoms with Gasteiger partial charge in [-0.05, 0) is 29.8 Å². The zero-order valence-electron chi connectivity index (χ0n) is 11.4. The summed E-state index contributed by atoms with van der Waals surface area (Å²) in [5.41, 5.74) is 0.621. The van der Waals surface area contributed by atoms with Crippen LogP contribution in [0, 0.1) is 5.82 Å². The Morgan fingerprint density at radius 1 is 1.23 bits per heavy atom. The minimum Gasteiger partial charge on any atom is -0.387 e. The zero-order valence-corrected chi connectivity index (χ0v) is 12.2. The number of hydrogen-bond acceptors (Lipinski definition) is 3. The maximum absolute atomic E-state index is 13.1. The first-order valence-corrected chi connectivity index (χ1v) is 7.00. The molecule has 0 bridgehead atoms. The van der Waals surface area contributed by atoms with E-state index in [4.69, 9.17) is 11.6 Å². The van der Waals surface area contributed by atoms with Crippen molar-refractivity contribution in [3.63, 3.8) is 0 Å². The average Bonchev–Trinajstić information content (AvgIpc) is 2.50. The van der Waals surface area contributed by atoms with Gasteiger partial charge in [0.05, 0.1) is 29.9 Å². The minimum absolute atomic E-state index is 0.0563. The molecule has 6 heteroatoms. The monoisotopic (exact) mass is 318 g/mol. The first-order valence-electron chi connectivity index (χ1n) is 6.63. The number of rotatable bonds is 3. The van der Waals surface area contributed by atoms with E-state index in [-0.39, 0.29) is 12.1 Å². The van der Waals surface area contributed by atoms with Crippen LogP contribution >= 0.6 is 11.6 Å². The van der Waals surface area contributed by atoms with Gasteiger partial charge in [-0.2, -0.15) is 0 Å². The summed E-state index contributed by atoms with van der Waals surface area (Å²) in [6.45, 7) is 0.0563. The Morgan fingerprint density at radius 3 is 2.68 bits per heavy atom. The molecule has 2 aromatic carbocycles. The van der Waals surface area contributed by atoms with Crippen LogP contribution in [0.2, 0.25) is 5.02 Å². The highest BCUT2D eigenvalue weighted by Gasteiger charge is 2.11. The molecular formula is C16H12ClFN2O2. The Morgan fingerprint density at radius 2 is 1.95 bits per heavy atom. The highest BCUT2D eigenvalue weighted by Crippen LogP contribution is 2.18. The third-order valence-corrected chi connectivity index (χ3v) is 3.66. The second-order valence-corrected chi connectivity index (χ2v) is 5.37. The van der Waals surface area contributed by atoms with E-state index in [1.807, 2.05) is 0 Å². The summed E-state index contributed by atoms with van der Waals surface area (Å²) >= 11 is 5.80. The molecule has 1 N–H and O–H groups in total. The molecule has 4 nitrogen and oxygen atoms in total. The Balaban J connectivity index is 1.93. The lowest BCUT2D eigenvalue weighted by Gasteiger charge is -2.13. The molecule has 0 unspecified atom stereocenters. The molecule has 0 amide bonds. The van der Waals surface area contributed by atoms with Crippen molar-refractivity contribution < 1.29 is 9.50 Å². The van der Waals surface area contributed by atoms with E-state index in [9.17, 15) is 14.3 Å². The smallest absolute Gasteiger partial charge is 0.261 e. The predicted octanol–water partition coefficient (Wildman–Crippen LogP) is 2.92. The molecule has 0 spiro atoms. The Bertz CT molecular complexity index is 877. The maximum Gasteiger partial charge on any atom is 0.261 e. The third kappa shape index (κ3) is 2.86. The SMILES string of the molecule is O=c1c2ccc(F)cc2ncn1C[C@H](O)c1ccc(Cl)cc1. The molecule has 0 aliphatic carbocycles. The highest BCUT2D eigenvalue weighted by molar-refractivity contribution is 6.30.